The first-order chi connectivity index (χ1) is 8.58. The Morgan fingerprint density at radius 3 is 2.89 bits per heavy atom. The highest BCUT2D eigenvalue weighted by molar-refractivity contribution is 7.11. The second-order valence-corrected chi connectivity index (χ2v) is 6.36. The number of thiazole rings is 1. The van der Waals surface area contributed by atoms with Crippen LogP contribution >= 0.6 is 11.3 Å². The summed E-state index contributed by atoms with van der Waals surface area (Å²) in [6.07, 6.45) is 3.65. The van der Waals surface area contributed by atoms with Crippen LogP contribution in [0.4, 0.5) is 0 Å². The van der Waals surface area contributed by atoms with Crippen LogP contribution < -0.4 is 5.32 Å². The Kier molecular flexibility index (Phi) is 4.41. The van der Waals surface area contributed by atoms with E-state index in [1.807, 2.05) is 18.3 Å². The summed E-state index contributed by atoms with van der Waals surface area (Å²) in [6, 6.07) is 0.446. The van der Waals surface area contributed by atoms with Crippen molar-refractivity contribution < 1.29 is 4.74 Å². The molecule has 1 aliphatic carbocycles. The molecule has 1 aromatic rings. The maximum atomic E-state index is 5.82. The number of nitrogens with one attached hydrogen (secondary N) is 1. The third-order valence-electron chi connectivity index (χ3n) is 3.43. The van der Waals surface area contributed by atoms with Crippen LogP contribution in [0.5, 0.6) is 0 Å². The van der Waals surface area contributed by atoms with E-state index < -0.39 is 0 Å². The zero-order valence-corrected chi connectivity index (χ0v) is 12.7. The molecule has 0 fully saturated rings. The minimum absolute atomic E-state index is 0.256. The molecule has 1 aromatic heterocycles. The summed E-state index contributed by atoms with van der Waals surface area (Å²) in [6.45, 7) is 10.2. The van der Waals surface area contributed by atoms with Crippen LogP contribution in [0.1, 0.15) is 62.2 Å². The van der Waals surface area contributed by atoms with Crippen molar-refractivity contribution in [1.82, 2.24) is 10.3 Å². The normalized spacial score (nSPS) is 19.9. The predicted octanol–water partition coefficient (Wildman–Crippen LogP) is 3.40. The fourth-order valence-electron chi connectivity index (χ4n) is 2.54. The second-order valence-electron chi connectivity index (χ2n) is 5.27. The van der Waals surface area contributed by atoms with E-state index in [4.69, 9.17) is 9.72 Å². The van der Waals surface area contributed by atoms with Gasteiger partial charge in [-0.25, -0.2) is 4.98 Å². The molecule has 1 unspecified atom stereocenters. The predicted molar refractivity (Wildman–Crippen MR) is 76.1 cm³/mol. The summed E-state index contributed by atoms with van der Waals surface area (Å²) >= 11 is 1.84. The molecule has 2 rings (SSSR count). The smallest absolute Gasteiger partial charge is 0.125 e. The average molecular weight is 268 g/mol. The molecule has 0 saturated heterocycles. The fraction of sp³-hybridized carbons (Fsp3) is 0.786. The number of nitrogens with zero attached hydrogens (tertiary/aromatic N) is 1. The van der Waals surface area contributed by atoms with Gasteiger partial charge in [-0.1, -0.05) is 6.92 Å². The minimum atomic E-state index is -0.256. The van der Waals surface area contributed by atoms with Gasteiger partial charge in [0.1, 0.15) is 10.6 Å². The van der Waals surface area contributed by atoms with Gasteiger partial charge in [-0.05, 0) is 46.6 Å². The number of rotatable bonds is 5. The Balaban J connectivity index is 2.26. The van der Waals surface area contributed by atoms with E-state index in [0.717, 1.165) is 18.2 Å². The van der Waals surface area contributed by atoms with Crippen LogP contribution in [0.3, 0.4) is 0 Å². The molecule has 3 nitrogen and oxygen atoms in total. The summed E-state index contributed by atoms with van der Waals surface area (Å²) in [7, 11) is 0. The van der Waals surface area contributed by atoms with Crippen LogP contribution in [-0.4, -0.2) is 18.1 Å². The highest BCUT2D eigenvalue weighted by Crippen LogP contribution is 2.37. The molecule has 4 heteroatoms. The lowest BCUT2D eigenvalue weighted by atomic mass is 9.97. The van der Waals surface area contributed by atoms with Crippen LogP contribution in [-0.2, 0) is 16.8 Å². The van der Waals surface area contributed by atoms with E-state index in [0.29, 0.717) is 6.04 Å². The van der Waals surface area contributed by atoms with E-state index in [2.05, 4.69) is 26.1 Å². The van der Waals surface area contributed by atoms with E-state index in [1.165, 1.54) is 29.8 Å². The fourth-order valence-corrected chi connectivity index (χ4v) is 3.76. The highest BCUT2D eigenvalue weighted by atomic mass is 32.1. The lowest BCUT2D eigenvalue weighted by Crippen LogP contribution is -2.25. The zero-order valence-electron chi connectivity index (χ0n) is 11.9. The van der Waals surface area contributed by atoms with Crippen molar-refractivity contribution >= 4 is 11.3 Å². The monoisotopic (exact) mass is 268 g/mol. The molecule has 0 aromatic carbocycles. The van der Waals surface area contributed by atoms with Crippen molar-refractivity contribution in [1.29, 1.82) is 0 Å². The Hall–Kier alpha value is -0.450. The van der Waals surface area contributed by atoms with Gasteiger partial charge in [0, 0.05) is 11.5 Å². The van der Waals surface area contributed by atoms with Gasteiger partial charge in [0.05, 0.1) is 11.7 Å². The lowest BCUT2D eigenvalue weighted by molar-refractivity contribution is -0.0143. The second kappa shape index (κ2) is 5.68. The molecule has 102 valence electrons. The van der Waals surface area contributed by atoms with E-state index in [9.17, 15) is 0 Å². The summed E-state index contributed by atoms with van der Waals surface area (Å²) in [5.74, 6) is 0. The molecular weight excluding hydrogens is 244 g/mol. The standard InChI is InChI=1S/C14H24N2OS/c1-5-15-10-8-7-9-11-12(10)16-13(18-11)14(3,4)17-6-2/h10,15H,5-9H2,1-4H3. The van der Waals surface area contributed by atoms with Gasteiger partial charge in [-0.3, -0.25) is 0 Å². The molecule has 0 bridgehead atoms. The summed E-state index contributed by atoms with van der Waals surface area (Å²) in [5.41, 5.74) is 1.02. The maximum Gasteiger partial charge on any atom is 0.125 e. The van der Waals surface area contributed by atoms with Crippen LogP contribution in [0.25, 0.3) is 0 Å². The van der Waals surface area contributed by atoms with Gasteiger partial charge in [-0.15, -0.1) is 11.3 Å². The Morgan fingerprint density at radius 2 is 2.22 bits per heavy atom. The molecule has 1 N–H and O–H groups in total. The van der Waals surface area contributed by atoms with Crippen molar-refractivity contribution in [2.45, 2.75) is 58.6 Å². The zero-order chi connectivity index (χ0) is 13.2. The number of hydrogen-bond donors (Lipinski definition) is 1. The Labute approximate surface area is 114 Å². The van der Waals surface area contributed by atoms with Crippen LogP contribution in [0.15, 0.2) is 0 Å². The molecule has 18 heavy (non-hydrogen) atoms. The highest BCUT2D eigenvalue weighted by Gasteiger charge is 2.30. The Bertz CT molecular complexity index is 400. The Morgan fingerprint density at radius 1 is 1.44 bits per heavy atom. The number of hydrogen-bond acceptors (Lipinski definition) is 4. The topological polar surface area (TPSA) is 34.1 Å². The molecule has 1 atom stereocenters. The van der Waals surface area contributed by atoms with Crippen LogP contribution in [0.2, 0.25) is 0 Å². The van der Waals surface area contributed by atoms with Gasteiger partial charge in [0.15, 0.2) is 0 Å². The third-order valence-corrected chi connectivity index (χ3v) is 4.86. The average Bonchev–Trinajstić information content (AvgIpc) is 2.75. The quantitative estimate of drug-likeness (QED) is 0.888. The number of fused-ring (bicyclic) bond motifs is 1. The maximum absolute atomic E-state index is 5.82. The van der Waals surface area contributed by atoms with Gasteiger partial charge in [0.25, 0.3) is 0 Å². The molecule has 1 aliphatic rings. The van der Waals surface area contributed by atoms with Gasteiger partial charge in [-0.2, -0.15) is 0 Å². The van der Waals surface area contributed by atoms with Gasteiger partial charge in [0.2, 0.25) is 0 Å². The van der Waals surface area contributed by atoms with Crippen molar-refractivity contribution in [2.24, 2.45) is 0 Å². The van der Waals surface area contributed by atoms with Crippen molar-refractivity contribution in [3.05, 3.63) is 15.6 Å². The summed E-state index contributed by atoms with van der Waals surface area (Å²) in [5, 5.41) is 4.66. The molecular formula is C14H24N2OS. The largest absolute Gasteiger partial charge is 0.369 e. The van der Waals surface area contributed by atoms with Gasteiger partial charge < -0.3 is 10.1 Å². The molecule has 0 radical (unpaired) electrons. The lowest BCUT2D eigenvalue weighted by Gasteiger charge is -2.22. The first kappa shape index (κ1) is 14.0. The first-order valence-electron chi connectivity index (χ1n) is 6.96. The molecule has 0 saturated carbocycles. The molecule has 0 spiro atoms. The summed E-state index contributed by atoms with van der Waals surface area (Å²) in [4.78, 5) is 6.33. The SMILES string of the molecule is CCNC1CCCc2sc(C(C)(C)OCC)nc21. The van der Waals surface area contributed by atoms with Crippen molar-refractivity contribution in [3.8, 4) is 0 Å². The summed E-state index contributed by atoms with van der Waals surface area (Å²) < 4.78 is 5.82. The van der Waals surface area contributed by atoms with E-state index in [-0.39, 0.29) is 5.60 Å². The third kappa shape index (κ3) is 2.76. The number of aryl methyl sites for hydroxylation is 1. The molecule has 0 aliphatic heterocycles. The van der Waals surface area contributed by atoms with E-state index in [1.54, 1.807) is 0 Å². The van der Waals surface area contributed by atoms with Crippen molar-refractivity contribution in [3.63, 3.8) is 0 Å². The van der Waals surface area contributed by atoms with Crippen LogP contribution in [0, 0.1) is 0 Å². The van der Waals surface area contributed by atoms with E-state index >= 15 is 0 Å². The number of aromatic nitrogens is 1. The number of ether oxygens (including phenoxy) is 1. The molecule has 0 amide bonds. The minimum Gasteiger partial charge on any atom is -0.369 e. The van der Waals surface area contributed by atoms with Crippen molar-refractivity contribution in [2.75, 3.05) is 13.2 Å². The molecule has 1 heterocycles. The first-order valence-corrected chi connectivity index (χ1v) is 7.77. The van der Waals surface area contributed by atoms with Gasteiger partial charge >= 0.3 is 0 Å².